The van der Waals surface area contributed by atoms with E-state index in [4.69, 9.17) is 0 Å². The van der Waals surface area contributed by atoms with Crippen molar-refractivity contribution in [2.24, 2.45) is 0 Å². The highest BCUT2D eigenvalue weighted by Crippen LogP contribution is 2.32. The molecule has 0 saturated carbocycles. The summed E-state index contributed by atoms with van der Waals surface area (Å²) < 4.78 is 0. The second-order valence-corrected chi connectivity index (χ2v) is 4.93. The fourth-order valence-corrected chi connectivity index (χ4v) is 2.08. The highest BCUT2D eigenvalue weighted by molar-refractivity contribution is 6.44. The van der Waals surface area contributed by atoms with Crippen molar-refractivity contribution >= 4 is 23.3 Å². The molecule has 1 aliphatic heterocycles. The van der Waals surface area contributed by atoms with Crippen LogP contribution in [0.5, 0.6) is 0 Å². The molecule has 0 aliphatic carbocycles. The van der Waals surface area contributed by atoms with Crippen LogP contribution < -0.4 is 10.6 Å². The lowest BCUT2D eigenvalue weighted by Crippen LogP contribution is -2.39. The van der Waals surface area contributed by atoms with Crippen molar-refractivity contribution in [3.63, 3.8) is 0 Å². The zero-order valence-corrected chi connectivity index (χ0v) is 11.5. The number of rotatable bonds is 5. The highest BCUT2D eigenvalue weighted by Gasteiger charge is 2.39. The minimum Gasteiger partial charge on any atom is -0.348 e. The Balaban J connectivity index is 2.06. The monoisotopic (exact) mass is 275 g/mol. The third kappa shape index (κ3) is 2.85. The normalized spacial score (nSPS) is 16.8. The fourth-order valence-electron chi connectivity index (χ4n) is 2.08. The van der Waals surface area contributed by atoms with E-state index in [-0.39, 0.29) is 0 Å². The number of ketones is 1. The number of likely N-dealkylation sites (N-methyl/N-ethyl adjacent to an activating group) is 1. The second kappa shape index (κ2) is 5.83. The van der Waals surface area contributed by atoms with Gasteiger partial charge >= 0.3 is 0 Å². The number of hydrogen-bond acceptors (Lipinski definition) is 4. The molecule has 106 valence electrons. The average Bonchev–Trinajstić information content (AvgIpc) is 2.73. The minimum absolute atomic E-state index is 0.369. The van der Waals surface area contributed by atoms with Crippen molar-refractivity contribution in [1.82, 2.24) is 10.2 Å². The van der Waals surface area contributed by atoms with Gasteiger partial charge in [0.2, 0.25) is 11.7 Å². The van der Waals surface area contributed by atoms with Gasteiger partial charge < -0.3 is 15.5 Å². The molecular formula is C14H17N3O3. The summed E-state index contributed by atoms with van der Waals surface area (Å²) in [5.74, 6) is -2.92. The van der Waals surface area contributed by atoms with E-state index in [0.717, 1.165) is 0 Å². The SMILES string of the molecule is CN(C)CCNC(=O)C(=O)[C@@H]1C(=O)Nc2ccccc21. The van der Waals surface area contributed by atoms with E-state index in [1.807, 2.05) is 19.0 Å². The van der Waals surface area contributed by atoms with Crippen molar-refractivity contribution in [2.45, 2.75) is 5.92 Å². The number of Topliss-reactive ketones (excluding diaryl/α,β-unsaturated/α-hetero) is 1. The van der Waals surface area contributed by atoms with E-state index >= 15 is 0 Å². The third-order valence-corrected chi connectivity index (χ3v) is 3.12. The largest absolute Gasteiger partial charge is 0.348 e. The number of anilines is 1. The van der Waals surface area contributed by atoms with E-state index < -0.39 is 23.5 Å². The number of nitrogens with zero attached hydrogens (tertiary/aromatic N) is 1. The zero-order chi connectivity index (χ0) is 14.7. The minimum atomic E-state index is -1.04. The number of benzene rings is 1. The van der Waals surface area contributed by atoms with Crippen LogP contribution in [0.25, 0.3) is 0 Å². The van der Waals surface area contributed by atoms with Gasteiger partial charge in [-0.25, -0.2) is 0 Å². The number of hydrogen-bond donors (Lipinski definition) is 2. The molecule has 20 heavy (non-hydrogen) atoms. The van der Waals surface area contributed by atoms with Crippen LogP contribution in [-0.4, -0.2) is 49.7 Å². The first-order valence-electron chi connectivity index (χ1n) is 6.37. The van der Waals surface area contributed by atoms with Gasteiger partial charge in [0.05, 0.1) is 0 Å². The summed E-state index contributed by atoms with van der Waals surface area (Å²) in [6, 6.07) is 6.90. The average molecular weight is 275 g/mol. The number of carbonyl (C=O) groups is 3. The Labute approximate surface area is 117 Å². The summed E-state index contributed by atoms with van der Waals surface area (Å²) in [6.45, 7) is 1.00. The van der Waals surface area contributed by atoms with Gasteiger partial charge in [0.25, 0.3) is 5.91 Å². The van der Waals surface area contributed by atoms with Crippen molar-refractivity contribution in [3.05, 3.63) is 29.8 Å². The molecule has 2 amide bonds. The van der Waals surface area contributed by atoms with Crippen LogP contribution in [0, 0.1) is 0 Å². The predicted molar refractivity (Wildman–Crippen MR) is 74.4 cm³/mol. The van der Waals surface area contributed by atoms with Crippen LogP contribution in [0.1, 0.15) is 11.5 Å². The maximum atomic E-state index is 12.1. The van der Waals surface area contributed by atoms with Crippen molar-refractivity contribution in [3.8, 4) is 0 Å². The molecular weight excluding hydrogens is 258 g/mol. The molecule has 0 saturated heterocycles. The van der Waals surface area contributed by atoms with E-state index in [1.54, 1.807) is 24.3 Å². The lowest BCUT2D eigenvalue weighted by atomic mass is 9.96. The summed E-state index contributed by atoms with van der Waals surface area (Å²) in [4.78, 5) is 37.6. The molecule has 0 aromatic heterocycles. The van der Waals surface area contributed by atoms with Crippen molar-refractivity contribution < 1.29 is 14.4 Å². The third-order valence-electron chi connectivity index (χ3n) is 3.12. The summed E-state index contributed by atoms with van der Waals surface area (Å²) in [5, 5.41) is 5.14. The maximum Gasteiger partial charge on any atom is 0.288 e. The predicted octanol–water partition coefficient (Wildman–Crippen LogP) is -0.0308. The lowest BCUT2D eigenvalue weighted by Gasteiger charge is -2.11. The first-order valence-corrected chi connectivity index (χ1v) is 6.37. The van der Waals surface area contributed by atoms with E-state index in [1.165, 1.54) is 0 Å². The smallest absolute Gasteiger partial charge is 0.288 e. The standard InChI is InChI=1S/C14H17N3O3/c1-17(2)8-7-15-14(20)12(18)11-9-5-3-4-6-10(9)16-13(11)19/h3-6,11H,7-8H2,1-2H3,(H,15,20)(H,16,19)/t11-/m1/s1. The summed E-state index contributed by atoms with van der Waals surface area (Å²) in [6.07, 6.45) is 0. The number of fused-ring (bicyclic) bond motifs is 1. The van der Waals surface area contributed by atoms with Gasteiger partial charge in [-0.3, -0.25) is 14.4 Å². The Morgan fingerprint density at radius 3 is 2.70 bits per heavy atom. The van der Waals surface area contributed by atoms with E-state index in [9.17, 15) is 14.4 Å². The Hall–Kier alpha value is -2.21. The van der Waals surface area contributed by atoms with Crippen molar-refractivity contribution in [2.75, 3.05) is 32.5 Å². The van der Waals surface area contributed by atoms with E-state index in [2.05, 4.69) is 10.6 Å². The van der Waals surface area contributed by atoms with Crippen LogP contribution in [0.15, 0.2) is 24.3 Å². The number of amides is 2. The molecule has 1 atom stereocenters. The molecule has 0 radical (unpaired) electrons. The molecule has 1 aromatic rings. The van der Waals surface area contributed by atoms with Crippen LogP contribution in [-0.2, 0) is 14.4 Å². The quantitative estimate of drug-likeness (QED) is 0.584. The number of nitrogens with one attached hydrogen (secondary N) is 2. The van der Waals surface area contributed by atoms with Gasteiger partial charge in [0.15, 0.2) is 0 Å². The summed E-state index contributed by atoms with van der Waals surface area (Å²) in [7, 11) is 3.74. The Kier molecular flexibility index (Phi) is 4.14. The van der Waals surface area contributed by atoms with Gasteiger partial charge in [-0.05, 0) is 25.7 Å². The van der Waals surface area contributed by atoms with Crippen LogP contribution in [0.3, 0.4) is 0 Å². The summed E-state index contributed by atoms with van der Waals surface area (Å²) in [5.41, 5.74) is 1.15. The van der Waals surface area contributed by atoms with Crippen molar-refractivity contribution in [1.29, 1.82) is 0 Å². The Morgan fingerprint density at radius 2 is 2.00 bits per heavy atom. The second-order valence-electron chi connectivity index (χ2n) is 4.93. The van der Waals surface area contributed by atoms with E-state index in [0.29, 0.717) is 24.3 Å². The topological polar surface area (TPSA) is 78.5 Å². The molecule has 2 N–H and O–H groups in total. The molecule has 6 heteroatoms. The zero-order valence-electron chi connectivity index (χ0n) is 11.5. The molecule has 1 aromatic carbocycles. The molecule has 1 heterocycles. The fraction of sp³-hybridized carbons (Fsp3) is 0.357. The van der Waals surface area contributed by atoms with Gasteiger partial charge in [-0.1, -0.05) is 18.2 Å². The molecule has 6 nitrogen and oxygen atoms in total. The highest BCUT2D eigenvalue weighted by atomic mass is 16.2. The van der Waals surface area contributed by atoms with Gasteiger partial charge in [0, 0.05) is 18.8 Å². The first kappa shape index (κ1) is 14.2. The number of carbonyl (C=O) groups excluding carboxylic acids is 3. The van der Waals surface area contributed by atoms with Crippen LogP contribution >= 0.6 is 0 Å². The molecule has 2 rings (SSSR count). The van der Waals surface area contributed by atoms with Gasteiger partial charge in [-0.15, -0.1) is 0 Å². The summed E-state index contributed by atoms with van der Waals surface area (Å²) >= 11 is 0. The Bertz CT molecular complexity index is 554. The van der Waals surface area contributed by atoms with Crippen LogP contribution in [0.2, 0.25) is 0 Å². The molecule has 0 spiro atoms. The van der Waals surface area contributed by atoms with Gasteiger partial charge in [0.1, 0.15) is 5.92 Å². The van der Waals surface area contributed by atoms with Crippen LogP contribution in [0.4, 0.5) is 5.69 Å². The lowest BCUT2D eigenvalue weighted by molar-refractivity contribution is -0.140. The first-order chi connectivity index (χ1) is 9.50. The molecule has 0 bridgehead atoms. The number of para-hydroxylation sites is 1. The van der Waals surface area contributed by atoms with Gasteiger partial charge in [-0.2, -0.15) is 0 Å². The molecule has 1 aliphatic rings. The maximum absolute atomic E-state index is 12.1. The Morgan fingerprint density at radius 1 is 1.30 bits per heavy atom. The molecule has 0 fully saturated rings. The molecule has 0 unspecified atom stereocenters.